The van der Waals surface area contributed by atoms with Crippen LogP contribution in [-0.4, -0.2) is 40.4 Å². The highest BCUT2D eigenvalue weighted by Crippen LogP contribution is 2.32. The second-order valence-electron chi connectivity index (χ2n) is 6.43. The number of H-pyrrole nitrogens is 1. The molecule has 3 heterocycles. The lowest BCUT2D eigenvalue weighted by atomic mass is 10.0. The van der Waals surface area contributed by atoms with Gasteiger partial charge in [-0.15, -0.1) is 0 Å². The maximum absolute atomic E-state index is 12.0. The van der Waals surface area contributed by atoms with Crippen LogP contribution in [0.3, 0.4) is 0 Å². The molecule has 0 atom stereocenters. The summed E-state index contributed by atoms with van der Waals surface area (Å²) in [5.41, 5.74) is 3.11. The molecule has 4 rings (SSSR count). The molecule has 1 aliphatic heterocycles. The summed E-state index contributed by atoms with van der Waals surface area (Å²) in [5.74, 6) is 0.824. The van der Waals surface area contributed by atoms with Gasteiger partial charge in [0.15, 0.2) is 0 Å². The highest BCUT2D eigenvalue weighted by atomic mass is 16.2. The Kier molecular flexibility index (Phi) is 3.79. The molecule has 24 heavy (non-hydrogen) atoms. The number of pyridine rings is 1. The van der Waals surface area contributed by atoms with E-state index in [1.165, 1.54) is 5.57 Å². The van der Waals surface area contributed by atoms with Gasteiger partial charge in [-0.3, -0.25) is 9.69 Å². The van der Waals surface area contributed by atoms with Crippen molar-refractivity contribution in [1.82, 2.24) is 14.9 Å². The number of carbonyl (C=O) groups excluding carboxylic acids is 1. The SMILES string of the molecule is N#CCCN1CC=C(c2cc(NC(=O)C3CC3)nc3[nH]ccc23)C1. The molecule has 6 heteroatoms. The number of aromatic nitrogens is 2. The smallest absolute Gasteiger partial charge is 0.228 e. The molecule has 1 saturated carbocycles. The van der Waals surface area contributed by atoms with Crippen molar-refractivity contribution in [3.8, 4) is 6.07 Å². The second-order valence-corrected chi connectivity index (χ2v) is 6.43. The fourth-order valence-corrected chi connectivity index (χ4v) is 3.12. The van der Waals surface area contributed by atoms with Gasteiger partial charge in [0.05, 0.1) is 6.07 Å². The normalized spacial score (nSPS) is 17.7. The summed E-state index contributed by atoms with van der Waals surface area (Å²) in [6.45, 7) is 2.46. The fourth-order valence-electron chi connectivity index (χ4n) is 3.12. The first-order valence-electron chi connectivity index (χ1n) is 8.32. The second kappa shape index (κ2) is 6.10. The topological polar surface area (TPSA) is 84.8 Å². The van der Waals surface area contributed by atoms with Gasteiger partial charge in [0, 0.05) is 43.6 Å². The van der Waals surface area contributed by atoms with Crippen molar-refractivity contribution < 1.29 is 4.79 Å². The van der Waals surface area contributed by atoms with E-state index in [9.17, 15) is 4.79 Å². The van der Waals surface area contributed by atoms with Gasteiger partial charge < -0.3 is 10.3 Å². The summed E-state index contributed by atoms with van der Waals surface area (Å²) in [4.78, 5) is 21.9. The van der Waals surface area contributed by atoms with E-state index in [-0.39, 0.29) is 11.8 Å². The van der Waals surface area contributed by atoms with Crippen LogP contribution in [0, 0.1) is 17.2 Å². The van der Waals surface area contributed by atoms with Gasteiger partial charge in [-0.2, -0.15) is 5.26 Å². The highest BCUT2D eigenvalue weighted by Gasteiger charge is 2.30. The Morgan fingerprint density at radius 1 is 1.50 bits per heavy atom. The van der Waals surface area contributed by atoms with Crippen molar-refractivity contribution in [3.05, 3.63) is 30.0 Å². The first-order chi connectivity index (χ1) is 11.7. The molecule has 6 nitrogen and oxygen atoms in total. The zero-order valence-electron chi connectivity index (χ0n) is 13.4. The first kappa shape index (κ1) is 14.9. The predicted octanol–water partition coefficient (Wildman–Crippen LogP) is 2.52. The number of nitrogens with zero attached hydrogens (tertiary/aromatic N) is 3. The number of nitrogens with one attached hydrogen (secondary N) is 2. The molecule has 0 unspecified atom stereocenters. The van der Waals surface area contributed by atoms with Gasteiger partial charge >= 0.3 is 0 Å². The molecule has 2 N–H and O–H groups in total. The Balaban J connectivity index is 1.61. The molecule has 2 aromatic heterocycles. The number of fused-ring (bicyclic) bond motifs is 1. The number of carbonyl (C=O) groups is 1. The van der Waals surface area contributed by atoms with Gasteiger partial charge in [0.2, 0.25) is 5.91 Å². The number of anilines is 1. The quantitative estimate of drug-likeness (QED) is 0.886. The standard InChI is InChI=1S/C18H19N5O/c19-6-1-8-23-9-5-13(11-23)15-10-16(22-18(24)12-2-3-12)21-17-14(15)4-7-20-17/h4-5,7,10,12H,1-3,8-9,11H2,(H2,20,21,22,24). The van der Waals surface area contributed by atoms with E-state index >= 15 is 0 Å². The van der Waals surface area contributed by atoms with E-state index in [4.69, 9.17) is 5.26 Å². The van der Waals surface area contributed by atoms with E-state index in [0.29, 0.717) is 12.2 Å². The third-order valence-electron chi connectivity index (χ3n) is 4.60. The molecule has 1 fully saturated rings. The molecule has 0 aromatic carbocycles. The van der Waals surface area contributed by atoms with Crippen LogP contribution in [0.1, 0.15) is 24.8 Å². The number of amides is 1. The third kappa shape index (κ3) is 2.91. The average Bonchev–Trinajstić information content (AvgIpc) is 3.15. The number of hydrogen-bond acceptors (Lipinski definition) is 4. The molecular weight excluding hydrogens is 302 g/mol. The molecule has 0 saturated heterocycles. The van der Waals surface area contributed by atoms with Gasteiger partial charge in [-0.25, -0.2) is 4.98 Å². The molecule has 0 radical (unpaired) electrons. The Hall–Kier alpha value is -2.65. The van der Waals surface area contributed by atoms with Crippen molar-refractivity contribution in [2.45, 2.75) is 19.3 Å². The van der Waals surface area contributed by atoms with Crippen molar-refractivity contribution >= 4 is 28.3 Å². The molecule has 2 aromatic rings. The number of aromatic amines is 1. The summed E-state index contributed by atoms with van der Waals surface area (Å²) in [6.07, 6.45) is 6.56. The van der Waals surface area contributed by atoms with Crippen molar-refractivity contribution in [2.24, 2.45) is 5.92 Å². The van der Waals surface area contributed by atoms with Gasteiger partial charge in [-0.05, 0) is 36.1 Å². The van der Waals surface area contributed by atoms with Gasteiger partial charge in [0.1, 0.15) is 11.5 Å². The lowest BCUT2D eigenvalue weighted by Gasteiger charge is -2.14. The highest BCUT2D eigenvalue weighted by molar-refractivity contribution is 5.97. The van der Waals surface area contributed by atoms with Crippen LogP contribution in [0.15, 0.2) is 24.4 Å². The Morgan fingerprint density at radius 2 is 2.38 bits per heavy atom. The molecule has 0 bridgehead atoms. The molecule has 0 spiro atoms. The zero-order valence-corrected chi connectivity index (χ0v) is 13.4. The maximum atomic E-state index is 12.0. The van der Waals surface area contributed by atoms with Crippen molar-refractivity contribution in [3.63, 3.8) is 0 Å². The van der Waals surface area contributed by atoms with Crippen LogP contribution in [-0.2, 0) is 4.79 Å². The van der Waals surface area contributed by atoms with Gasteiger partial charge in [-0.1, -0.05) is 6.08 Å². The first-order valence-corrected chi connectivity index (χ1v) is 8.32. The summed E-state index contributed by atoms with van der Waals surface area (Å²) >= 11 is 0. The van der Waals surface area contributed by atoms with Crippen LogP contribution in [0.5, 0.6) is 0 Å². The molecule has 1 amide bonds. The van der Waals surface area contributed by atoms with Crippen LogP contribution in [0.25, 0.3) is 16.6 Å². The van der Waals surface area contributed by atoms with Crippen molar-refractivity contribution in [2.75, 3.05) is 25.0 Å². The monoisotopic (exact) mass is 321 g/mol. The van der Waals surface area contributed by atoms with E-state index < -0.39 is 0 Å². The van der Waals surface area contributed by atoms with E-state index in [1.54, 1.807) is 0 Å². The predicted molar refractivity (Wildman–Crippen MR) is 92.1 cm³/mol. The van der Waals surface area contributed by atoms with E-state index in [0.717, 1.165) is 49.1 Å². The average molecular weight is 321 g/mol. The fraction of sp³-hybridized carbons (Fsp3) is 0.389. The van der Waals surface area contributed by atoms with Gasteiger partial charge in [0.25, 0.3) is 0 Å². The van der Waals surface area contributed by atoms with Crippen LogP contribution in [0.4, 0.5) is 5.82 Å². The number of rotatable bonds is 5. The van der Waals surface area contributed by atoms with Crippen LogP contribution >= 0.6 is 0 Å². The minimum atomic E-state index is 0.0652. The van der Waals surface area contributed by atoms with Crippen LogP contribution < -0.4 is 5.32 Å². The Bertz CT molecular complexity index is 856. The summed E-state index contributed by atoms with van der Waals surface area (Å²) in [6, 6.07) is 6.18. The maximum Gasteiger partial charge on any atom is 0.228 e. The molecule has 122 valence electrons. The minimum Gasteiger partial charge on any atom is -0.346 e. The number of nitriles is 1. The summed E-state index contributed by atoms with van der Waals surface area (Å²) in [7, 11) is 0. The Labute approximate surface area is 140 Å². The zero-order chi connectivity index (χ0) is 16.5. The molecule has 1 aliphatic carbocycles. The van der Waals surface area contributed by atoms with E-state index in [2.05, 4.69) is 32.3 Å². The lowest BCUT2D eigenvalue weighted by molar-refractivity contribution is -0.117. The summed E-state index contributed by atoms with van der Waals surface area (Å²) in [5, 5.41) is 12.8. The van der Waals surface area contributed by atoms with E-state index in [1.807, 2.05) is 18.3 Å². The Morgan fingerprint density at radius 3 is 3.17 bits per heavy atom. The lowest BCUT2D eigenvalue weighted by Crippen LogP contribution is -2.21. The van der Waals surface area contributed by atoms with Crippen LogP contribution in [0.2, 0.25) is 0 Å². The number of hydrogen-bond donors (Lipinski definition) is 2. The molecule has 2 aliphatic rings. The summed E-state index contributed by atoms with van der Waals surface area (Å²) < 4.78 is 0. The van der Waals surface area contributed by atoms with Crippen molar-refractivity contribution in [1.29, 1.82) is 5.26 Å². The molecular formula is C18H19N5O. The third-order valence-corrected chi connectivity index (χ3v) is 4.60. The largest absolute Gasteiger partial charge is 0.346 e. The minimum absolute atomic E-state index is 0.0652.